The van der Waals surface area contributed by atoms with Crippen LogP contribution in [-0.4, -0.2) is 30.8 Å². The molecule has 1 saturated carbocycles. The molecule has 0 heterocycles. The van der Waals surface area contributed by atoms with E-state index in [0.717, 1.165) is 30.6 Å². The van der Waals surface area contributed by atoms with Gasteiger partial charge in [0, 0.05) is 13.0 Å². The van der Waals surface area contributed by atoms with Crippen LogP contribution in [0.3, 0.4) is 0 Å². The average Bonchev–Trinajstić information content (AvgIpc) is 2.89. The fourth-order valence-corrected chi connectivity index (χ4v) is 2.74. The Morgan fingerprint density at radius 2 is 2.20 bits per heavy atom. The van der Waals surface area contributed by atoms with Crippen molar-refractivity contribution in [3.05, 3.63) is 29.8 Å². The van der Waals surface area contributed by atoms with Crippen LogP contribution in [0.4, 0.5) is 0 Å². The molecule has 1 aromatic carbocycles. The predicted octanol–water partition coefficient (Wildman–Crippen LogP) is 1.91. The van der Waals surface area contributed by atoms with Crippen molar-refractivity contribution in [2.75, 3.05) is 13.7 Å². The number of nitrogens with one attached hydrogen (secondary N) is 1. The highest BCUT2D eigenvalue weighted by molar-refractivity contribution is 5.76. The van der Waals surface area contributed by atoms with E-state index in [2.05, 4.69) is 5.32 Å². The van der Waals surface area contributed by atoms with Gasteiger partial charge in [-0.2, -0.15) is 0 Å². The quantitative estimate of drug-likeness (QED) is 0.835. The lowest BCUT2D eigenvalue weighted by atomic mass is 10.1. The zero-order valence-electron chi connectivity index (χ0n) is 12.0. The predicted molar refractivity (Wildman–Crippen MR) is 77.7 cm³/mol. The van der Waals surface area contributed by atoms with E-state index in [-0.39, 0.29) is 12.0 Å². The lowest BCUT2D eigenvalue weighted by molar-refractivity contribution is -0.121. The van der Waals surface area contributed by atoms with Crippen LogP contribution in [0, 0.1) is 5.92 Å². The van der Waals surface area contributed by atoms with Crippen molar-refractivity contribution in [3.8, 4) is 5.75 Å². The summed E-state index contributed by atoms with van der Waals surface area (Å²) in [7, 11) is 1.64. The number of hydrogen-bond donors (Lipinski definition) is 2. The number of rotatable bonds is 6. The smallest absolute Gasteiger partial charge is 0.220 e. The van der Waals surface area contributed by atoms with Crippen molar-refractivity contribution in [3.63, 3.8) is 0 Å². The lowest BCUT2D eigenvalue weighted by Crippen LogP contribution is -2.28. The van der Waals surface area contributed by atoms with Gasteiger partial charge in [-0.15, -0.1) is 0 Å². The summed E-state index contributed by atoms with van der Waals surface area (Å²) in [5, 5.41) is 12.4. The molecular formula is C16H23NO3. The topological polar surface area (TPSA) is 58.6 Å². The van der Waals surface area contributed by atoms with Crippen molar-refractivity contribution in [1.82, 2.24) is 5.32 Å². The fourth-order valence-electron chi connectivity index (χ4n) is 2.74. The van der Waals surface area contributed by atoms with Crippen LogP contribution in [0.15, 0.2) is 24.3 Å². The molecular weight excluding hydrogens is 254 g/mol. The van der Waals surface area contributed by atoms with Gasteiger partial charge >= 0.3 is 0 Å². The second-order valence-electron chi connectivity index (χ2n) is 5.45. The largest absolute Gasteiger partial charge is 0.496 e. The minimum absolute atomic E-state index is 0.0669. The highest BCUT2D eigenvalue weighted by Crippen LogP contribution is 2.24. The van der Waals surface area contributed by atoms with Crippen LogP contribution in [-0.2, 0) is 11.2 Å². The van der Waals surface area contributed by atoms with Crippen LogP contribution in [0.25, 0.3) is 0 Å². The van der Waals surface area contributed by atoms with E-state index in [1.807, 2.05) is 24.3 Å². The van der Waals surface area contributed by atoms with Gasteiger partial charge in [0.05, 0.1) is 13.2 Å². The van der Waals surface area contributed by atoms with E-state index in [9.17, 15) is 9.90 Å². The molecule has 0 aromatic heterocycles. The molecule has 1 amide bonds. The van der Waals surface area contributed by atoms with E-state index in [4.69, 9.17) is 4.74 Å². The first-order valence-electron chi connectivity index (χ1n) is 7.25. The maximum atomic E-state index is 11.8. The molecule has 0 aliphatic heterocycles. The summed E-state index contributed by atoms with van der Waals surface area (Å²) in [6.07, 6.45) is 3.66. The molecule has 2 unspecified atom stereocenters. The van der Waals surface area contributed by atoms with Gasteiger partial charge in [-0.3, -0.25) is 4.79 Å². The molecule has 1 fully saturated rings. The Bertz CT molecular complexity index is 447. The monoisotopic (exact) mass is 277 g/mol. The second-order valence-corrected chi connectivity index (χ2v) is 5.45. The molecule has 1 aliphatic rings. The molecule has 2 N–H and O–H groups in total. The van der Waals surface area contributed by atoms with Crippen molar-refractivity contribution >= 4 is 5.91 Å². The molecule has 2 rings (SSSR count). The second kappa shape index (κ2) is 7.29. The van der Waals surface area contributed by atoms with Crippen molar-refractivity contribution in [2.45, 2.75) is 38.2 Å². The van der Waals surface area contributed by atoms with Crippen LogP contribution in [0.2, 0.25) is 0 Å². The minimum atomic E-state index is -0.175. The van der Waals surface area contributed by atoms with E-state index >= 15 is 0 Å². The number of carbonyl (C=O) groups excluding carboxylic acids is 1. The maximum absolute atomic E-state index is 11.8. The van der Waals surface area contributed by atoms with Gasteiger partial charge in [0.1, 0.15) is 5.75 Å². The van der Waals surface area contributed by atoms with E-state index in [0.29, 0.717) is 25.3 Å². The third kappa shape index (κ3) is 4.23. The standard InChI is InChI=1S/C16H23NO3/c1-20-15-5-3-2-4-13(15)7-9-16(19)17-11-12-6-8-14(18)10-12/h2-5,12,14,18H,6-11H2,1H3,(H,17,19). The van der Waals surface area contributed by atoms with E-state index in [1.54, 1.807) is 7.11 Å². The summed E-state index contributed by atoms with van der Waals surface area (Å²) in [6, 6.07) is 7.77. The SMILES string of the molecule is COc1ccccc1CCC(=O)NCC1CCC(O)C1. The van der Waals surface area contributed by atoms with Gasteiger partial charge in [-0.05, 0) is 43.2 Å². The summed E-state index contributed by atoms with van der Waals surface area (Å²) in [6.45, 7) is 0.682. The Morgan fingerprint density at radius 1 is 1.40 bits per heavy atom. The average molecular weight is 277 g/mol. The molecule has 20 heavy (non-hydrogen) atoms. The van der Waals surface area contributed by atoms with Crippen LogP contribution < -0.4 is 10.1 Å². The molecule has 110 valence electrons. The third-order valence-electron chi connectivity index (χ3n) is 3.92. The third-order valence-corrected chi connectivity index (χ3v) is 3.92. The minimum Gasteiger partial charge on any atom is -0.496 e. The first kappa shape index (κ1) is 14.9. The maximum Gasteiger partial charge on any atom is 0.220 e. The molecule has 1 aromatic rings. The van der Waals surface area contributed by atoms with Crippen molar-refractivity contribution in [1.29, 1.82) is 0 Å². The number of para-hydroxylation sites is 1. The number of ether oxygens (including phenoxy) is 1. The number of methoxy groups -OCH3 is 1. The number of hydrogen-bond acceptors (Lipinski definition) is 3. The number of aryl methyl sites for hydroxylation is 1. The summed E-state index contributed by atoms with van der Waals surface area (Å²) in [5.74, 6) is 1.33. The summed E-state index contributed by atoms with van der Waals surface area (Å²) < 4.78 is 5.27. The van der Waals surface area contributed by atoms with Crippen LogP contribution in [0.1, 0.15) is 31.2 Å². The molecule has 4 heteroatoms. The molecule has 2 atom stereocenters. The van der Waals surface area contributed by atoms with Crippen LogP contribution in [0.5, 0.6) is 5.75 Å². The Morgan fingerprint density at radius 3 is 2.90 bits per heavy atom. The number of carbonyl (C=O) groups is 1. The highest BCUT2D eigenvalue weighted by atomic mass is 16.5. The number of benzene rings is 1. The van der Waals surface area contributed by atoms with Gasteiger partial charge in [-0.25, -0.2) is 0 Å². The molecule has 0 spiro atoms. The molecule has 0 radical (unpaired) electrons. The Hall–Kier alpha value is -1.55. The highest BCUT2D eigenvalue weighted by Gasteiger charge is 2.22. The lowest BCUT2D eigenvalue weighted by Gasteiger charge is -2.11. The molecule has 0 bridgehead atoms. The van der Waals surface area contributed by atoms with Gasteiger partial charge < -0.3 is 15.2 Å². The van der Waals surface area contributed by atoms with Gasteiger partial charge in [0.25, 0.3) is 0 Å². The fraction of sp³-hybridized carbons (Fsp3) is 0.562. The van der Waals surface area contributed by atoms with Gasteiger partial charge in [0.2, 0.25) is 5.91 Å². The number of amides is 1. The van der Waals surface area contributed by atoms with Crippen molar-refractivity contribution in [2.24, 2.45) is 5.92 Å². The number of aliphatic hydroxyl groups excluding tert-OH is 1. The normalized spacial score (nSPS) is 21.7. The molecule has 1 aliphatic carbocycles. The zero-order chi connectivity index (χ0) is 14.4. The van der Waals surface area contributed by atoms with E-state index < -0.39 is 0 Å². The summed E-state index contributed by atoms with van der Waals surface area (Å²) >= 11 is 0. The first-order valence-corrected chi connectivity index (χ1v) is 7.25. The van der Waals surface area contributed by atoms with Crippen molar-refractivity contribution < 1.29 is 14.6 Å². The summed E-state index contributed by atoms with van der Waals surface area (Å²) in [5.41, 5.74) is 1.06. The zero-order valence-corrected chi connectivity index (χ0v) is 12.0. The summed E-state index contributed by atoms with van der Waals surface area (Å²) in [4.78, 5) is 11.8. The Labute approximate surface area is 120 Å². The number of aliphatic hydroxyl groups is 1. The van der Waals surface area contributed by atoms with E-state index in [1.165, 1.54) is 0 Å². The molecule has 0 saturated heterocycles. The molecule has 4 nitrogen and oxygen atoms in total. The Kier molecular flexibility index (Phi) is 5.41. The van der Waals surface area contributed by atoms with Gasteiger partial charge in [-0.1, -0.05) is 18.2 Å². The Balaban J connectivity index is 1.72. The van der Waals surface area contributed by atoms with Crippen LogP contribution >= 0.6 is 0 Å². The van der Waals surface area contributed by atoms with Gasteiger partial charge in [0.15, 0.2) is 0 Å². The first-order chi connectivity index (χ1) is 9.69.